The van der Waals surface area contributed by atoms with Crippen LogP contribution in [0.15, 0.2) is 55.0 Å². The lowest BCUT2D eigenvalue weighted by molar-refractivity contribution is -0.139. The Labute approximate surface area is 186 Å². The predicted molar refractivity (Wildman–Crippen MR) is 119 cm³/mol. The molecule has 1 fully saturated rings. The Balaban J connectivity index is 1.33. The van der Waals surface area contributed by atoms with E-state index in [2.05, 4.69) is 15.3 Å². The molecule has 0 saturated carbocycles. The molecule has 1 N–H and O–H groups in total. The Morgan fingerprint density at radius 2 is 1.94 bits per heavy atom. The number of hydrogen-bond acceptors (Lipinski definition) is 6. The second kappa shape index (κ2) is 9.72. The lowest BCUT2D eigenvalue weighted by Crippen LogP contribution is -2.44. The molecule has 0 aliphatic carbocycles. The molecule has 1 amide bonds. The number of nitrogens with zero attached hydrogens (tertiary/aromatic N) is 4. The van der Waals surface area contributed by atoms with E-state index in [4.69, 9.17) is 9.72 Å². The number of carbonyl (C=O) groups is 1. The third-order valence-electron chi connectivity index (χ3n) is 5.61. The van der Waals surface area contributed by atoms with E-state index in [9.17, 15) is 9.18 Å². The van der Waals surface area contributed by atoms with Gasteiger partial charge >= 0.3 is 0 Å². The number of carbonyl (C=O) groups excluding carboxylic acids is 1. The molecular weight excluding hydrogens is 409 g/mol. The minimum atomic E-state index is -0.633. The summed E-state index contributed by atoms with van der Waals surface area (Å²) in [5, 5.41) is 3.23. The van der Waals surface area contributed by atoms with E-state index < -0.39 is 6.10 Å². The molecule has 2 aromatic heterocycles. The number of likely N-dealkylation sites (tertiary alicyclic amines) is 1. The molecule has 3 heterocycles. The number of piperidine rings is 1. The van der Waals surface area contributed by atoms with Crippen LogP contribution in [0.25, 0.3) is 0 Å². The van der Waals surface area contributed by atoms with Gasteiger partial charge in [0.05, 0.1) is 11.9 Å². The maximum atomic E-state index is 13.1. The van der Waals surface area contributed by atoms with Crippen LogP contribution in [0.3, 0.4) is 0 Å². The highest BCUT2D eigenvalue weighted by atomic mass is 19.1. The largest absolute Gasteiger partial charge is 0.481 e. The summed E-state index contributed by atoms with van der Waals surface area (Å²) in [6.07, 6.45) is 6.18. The number of hydrogen-bond donors (Lipinski definition) is 1. The Morgan fingerprint density at radius 1 is 1.19 bits per heavy atom. The van der Waals surface area contributed by atoms with E-state index in [1.54, 1.807) is 25.5 Å². The van der Waals surface area contributed by atoms with Gasteiger partial charge in [0.1, 0.15) is 23.2 Å². The van der Waals surface area contributed by atoms with Gasteiger partial charge in [-0.25, -0.2) is 14.4 Å². The Kier molecular flexibility index (Phi) is 6.58. The summed E-state index contributed by atoms with van der Waals surface area (Å²) in [6, 6.07) is 9.56. The van der Waals surface area contributed by atoms with Gasteiger partial charge in [-0.3, -0.25) is 9.78 Å². The summed E-state index contributed by atoms with van der Waals surface area (Å²) < 4.78 is 18.7. The van der Waals surface area contributed by atoms with Crippen LogP contribution in [0, 0.1) is 12.7 Å². The molecule has 8 heteroatoms. The van der Waals surface area contributed by atoms with E-state index in [0.717, 1.165) is 29.9 Å². The zero-order valence-corrected chi connectivity index (χ0v) is 18.2. The highest BCUT2D eigenvalue weighted by Crippen LogP contribution is 2.28. The normalized spacial score (nSPS) is 15.3. The van der Waals surface area contributed by atoms with Gasteiger partial charge in [0, 0.05) is 31.4 Å². The van der Waals surface area contributed by atoms with Crippen molar-refractivity contribution < 1.29 is 13.9 Å². The van der Waals surface area contributed by atoms with Crippen LogP contribution in [-0.4, -0.2) is 45.0 Å². The van der Waals surface area contributed by atoms with Gasteiger partial charge in [-0.05, 0) is 62.6 Å². The summed E-state index contributed by atoms with van der Waals surface area (Å²) >= 11 is 0. The van der Waals surface area contributed by atoms with Crippen LogP contribution < -0.4 is 10.1 Å². The van der Waals surface area contributed by atoms with Gasteiger partial charge in [0.2, 0.25) is 0 Å². The van der Waals surface area contributed by atoms with Crippen molar-refractivity contribution in [1.29, 1.82) is 0 Å². The number of aryl methyl sites for hydroxylation is 1. The molecule has 32 heavy (non-hydrogen) atoms. The fourth-order valence-electron chi connectivity index (χ4n) is 3.80. The van der Waals surface area contributed by atoms with Crippen molar-refractivity contribution in [3.05, 3.63) is 72.1 Å². The smallest absolute Gasteiger partial charge is 0.263 e. The summed E-state index contributed by atoms with van der Waals surface area (Å²) in [7, 11) is 0. The standard InChI is InChI=1S/C24H26FN5O2/c1-16-4-3-11-27-23(16)29-22-15-26-14-21(28-22)18-9-12-30(13-10-18)24(31)17(2)32-20-7-5-19(25)6-8-20/h3-8,11,14-15,17-18H,9-10,12-13H2,1-2H3,(H,27,28,29)/t17-/m0/s1. The highest BCUT2D eigenvalue weighted by Gasteiger charge is 2.28. The van der Waals surface area contributed by atoms with Crippen LogP contribution in [0.4, 0.5) is 16.0 Å². The molecule has 1 aliphatic rings. The number of anilines is 2. The summed E-state index contributed by atoms with van der Waals surface area (Å²) in [6.45, 7) is 4.96. The lowest BCUT2D eigenvalue weighted by atomic mass is 9.93. The maximum absolute atomic E-state index is 13.1. The molecule has 1 atom stereocenters. The first kappa shape index (κ1) is 21.7. The SMILES string of the molecule is Cc1cccnc1Nc1cncc(C2CCN(C(=O)[C@H](C)Oc3ccc(F)cc3)CC2)n1. The molecule has 0 spiro atoms. The highest BCUT2D eigenvalue weighted by molar-refractivity contribution is 5.81. The number of halogens is 1. The average Bonchev–Trinajstić information content (AvgIpc) is 2.82. The minimum absolute atomic E-state index is 0.0695. The van der Waals surface area contributed by atoms with Crippen molar-refractivity contribution in [2.75, 3.05) is 18.4 Å². The lowest BCUT2D eigenvalue weighted by Gasteiger charge is -2.33. The van der Waals surface area contributed by atoms with Crippen LogP contribution >= 0.6 is 0 Å². The van der Waals surface area contributed by atoms with Gasteiger partial charge in [-0.15, -0.1) is 0 Å². The third-order valence-corrected chi connectivity index (χ3v) is 5.61. The van der Waals surface area contributed by atoms with Gasteiger partial charge in [0.15, 0.2) is 6.10 Å². The van der Waals surface area contributed by atoms with E-state index in [0.29, 0.717) is 24.7 Å². The zero-order valence-electron chi connectivity index (χ0n) is 18.2. The van der Waals surface area contributed by atoms with Crippen molar-refractivity contribution in [2.45, 2.75) is 38.7 Å². The van der Waals surface area contributed by atoms with Crippen LogP contribution in [0.1, 0.15) is 36.9 Å². The Morgan fingerprint density at radius 3 is 2.66 bits per heavy atom. The van der Waals surface area contributed by atoms with Crippen molar-refractivity contribution in [1.82, 2.24) is 19.9 Å². The summed E-state index contributed by atoms with van der Waals surface area (Å²) in [4.78, 5) is 28.0. The number of pyridine rings is 1. The summed E-state index contributed by atoms with van der Waals surface area (Å²) in [5.41, 5.74) is 1.94. The minimum Gasteiger partial charge on any atom is -0.481 e. The molecule has 1 saturated heterocycles. The van der Waals surface area contributed by atoms with Crippen molar-refractivity contribution >= 4 is 17.5 Å². The van der Waals surface area contributed by atoms with E-state index in [-0.39, 0.29) is 17.6 Å². The fraction of sp³-hybridized carbons (Fsp3) is 0.333. The van der Waals surface area contributed by atoms with Crippen molar-refractivity contribution in [3.63, 3.8) is 0 Å². The van der Waals surface area contributed by atoms with E-state index >= 15 is 0 Å². The Bertz CT molecular complexity index is 1070. The van der Waals surface area contributed by atoms with E-state index in [1.807, 2.05) is 24.0 Å². The second-order valence-electron chi connectivity index (χ2n) is 7.94. The molecule has 1 aromatic carbocycles. The fourth-order valence-corrected chi connectivity index (χ4v) is 3.80. The predicted octanol–water partition coefficient (Wildman–Crippen LogP) is 4.24. The van der Waals surface area contributed by atoms with E-state index in [1.165, 1.54) is 24.3 Å². The number of rotatable bonds is 6. The van der Waals surface area contributed by atoms with Gasteiger partial charge in [0.25, 0.3) is 5.91 Å². The Hall–Kier alpha value is -3.55. The second-order valence-corrected chi connectivity index (χ2v) is 7.94. The molecule has 0 radical (unpaired) electrons. The number of aromatic nitrogens is 3. The van der Waals surface area contributed by atoms with Crippen LogP contribution in [0.2, 0.25) is 0 Å². The third kappa shape index (κ3) is 5.19. The first-order valence-corrected chi connectivity index (χ1v) is 10.7. The maximum Gasteiger partial charge on any atom is 0.263 e. The molecule has 0 bridgehead atoms. The first-order chi connectivity index (χ1) is 15.5. The molecule has 7 nitrogen and oxygen atoms in total. The van der Waals surface area contributed by atoms with Crippen molar-refractivity contribution in [2.24, 2.45) is 0 Å². The average molecular weight is 436 g/mol. The molecule has 0 unspecified atom stereocenters. The molecule has 3 aromatic rings. The van der Waals surface area contributed by atoms with Crippen LogP contribution in [-0.2, 0) is 4.79 Å². The zero-order chi connectivity index (χ0) is 22.5. The monoisotopic (exact) mass is 435 g/mol. The number of amides is 1. The molecule has 166 valence electrons. The van der Waals surface area contributed by atoms with Gasteiger partial charge < -0.3 is 15.0 Å². The number of ether oxygens (including phenoxy) is 1. The first-order valence-electron chi connectivity index (χ1n) is 10.7. The number of nitrogens with one attached hydrogen (secondary N) is 1. The van der Waals surface area contributed by atoms with Crippen LogP contribution in [0.5, 0.6) is 5.75 Å². The molecule has 1 aliphatic heterocycles. The number of benzene rings is 1. The molecule has 4 rings (SSSR count). The summed E-state index contributed by atoms with van der Waals surface area (Å²) in [5.74, 6) is 1.71. The topological polar surface area (TPSA) is 80.2 Å². The van der Waals surface area contributed by atoms with Gasteiger partial charge in [-0.2, -0.15) is 0 Å². The quantitative estimate of drug-likeness (QED) is 0.624. The molecular formula is C24H26FN5O2. The van der Waals surface area contributed by atoms with Crippen molar-refractivity contribution in [3.8, 4) is 5.75 Å². The van der Waals surface area contributed by atoms with Gasteiger partial charge in [-0.1, -0.05) is 6.07 Å².